The predicted molar refractivity (Wildman–Crippen MR) is 63.5 cm³/mol. The van der Waals surface area contributed by atoms with Crippen LogP contribution in [-0.2, 0) is 16.1 Å². The summed E-state index contributed by atoms with van der Waals surface area (Å²) in [5.74, 6) is 0.311. The number of nitrogens with one attached hydrogen (secondary N) is 1. The molecule has 5 heteroatoms. The molecule has 0 aromatic carbocycles. The molecule has 0 saturated heterocycles. The van der Waals surface area contributed by atoms with Crippen molar-refractivity contribution >= 4 is 5.97 Å². The monoisotopic (exact) mass is 237 g/mol. The molecule has 1 heterocycles. The van der Waals surface area contributed by atoms with E-state index in [1.807, 2.05) is 24.0 Å². The normalized spacial score (nSPS) is 16.8. The number of hydrogen-bond donors (Lipinski definition) is 1. The molecule has 0 amide bonds. The maximum atomic E-state index is 11.5. The van der Waals surface area contributed by atoms with E-state index < -0.39 is 0 Å². The highest BCUT2D eigenvalue weighted by atomic mass is 16.5. The molecule has 1 N–H and O–H groups in total. The number of methoxy groups -OCH3 is 1. The van der Waals surface area contributed by atoms with Gasteiger partial charge in [-0.2, -0.15) is 5.10 Å². The maximum absolute atomic E-state index is 11.5. The van der Waals surface area contributed by atoms with Gasteiger partial charge in [-0.05, 0) is 31.2 Å². The minimum absolute atomic E-state index is 0.142. The summed E-state index contributed by atoms with van der Waals surface area (Å²) in [4.78, 5) is 11.5. The highest BCUT2D eigenvalue weighted by Crippen LogP contribution is 2.33. The Morgan fingerprint density at radius 1 is 1.71 bits per heavy atom. The van der Waals surface area contributed by atoms with E-state index in [0.717, 1.165) is 31.5 Å². The van der Waals surface area contributed by atoms with Gasteiger partial charge in [-0.25, -0.2) is 0 Å². The van der Waals surface area contributed by atoms with Gasteiger partial charge in [0.05, 0.1) is 19.9 Å². The van der Waals surface area contributed by atoms with Crippen LogP contribution in [0.4, 0.5) is 0 Å². The number of carbonyl (C=O) groups excluding carboxylic acids is 1. The van der Waals surface area contributed by atoms with Crippen molar-refractivity contribution in [3.63, 3.8) is 0 Å². The Hall–Kier alpha value is -1.36. The molecule has 1 fully saturated rings. The number of hydrogen-bond acceptors (Lipinski definition) is 4. The third kappa shape index (κ3) is 3.30. The molecule has 1 aromatic heterocycles. The Morgan fingerprint density at radius 3 is 3.00 bits per heavy atom. The van der Waals surface area contributed by atoms with Crippen molar-refractivity contribution in [2.45, 2.75) is 32.4 Å². The van der Waals surface area contributed by atoms with Gasteiger partial charge in [0.25, 0.3) is 0 Å². The lowest BCUT2D eigenvalue weighted by atomic mass is 10.2. The van der Waals surface area contributed by atoms with Crippen LogP contribution in [0.1, 0.15) is 18.4 Å². The lowest BCUT2D eigenvalue weighted by molar-refractivity contribution is -0.143. The number of ether oxygens (including phenoxy) is 1. The van der Waals surface area contributed by atoms with Crippen LogP contribution in [0.3, 0.4) is 0 Å². The average molecular weight is 237 g/mol. The zero-order valence-electron chi connectivity index (χ0n) is 10.3. The molecule has 0 bridgehead atoms. The van der Waals surface area contributed by atoms with E-state index in [2.05, 4.69) is 10.4 Å². The van der Waals surface area contributed by atoms with Gasteiger partial charge < -0.3 is 10.1 Å². The minimum atomic E-state index is -0.149. The number of carbonyl (C=O) groups is 1. The first-order chi connectivity index (χ1) is 8.20. The molecule has 0 radical (unpaired) electrons. The summed E-state index contributed by atoms with van der Waals surface area (Å²) < 4.78 is 6.68. The first kappa shape index (κ1) is 12.1. The summed E-state index contributed by atoms with van der Waals surface area (Å²) in [6.07, 6.45) is 6.06. The first-order valence-corrected chi connectivity index (χ1v) is 6.01. The van der Waals surface area contributed by atoms with Crippen molar-refractivity contribution in [2.75, 3.05) is 13.7 Å². The highest BCUT2D eigenvalue weighted by Gasteiger charge is 2.36. The summed E-state index contributed by atoms with van der Waals surface area (Å²) in [6, 6.07) is -0.142. The van der Waals surface area contributed by atoms with Crippen LogP contribution in [0.25, 0.3) is 0 Å². The van der Waals surface area contributed by atoms with Gasteiger partial charge in [0, 0.05) is 12.7 Å². The molecule has 2 rings (SSSR count). The van der Waals surface area contributed by atoms with Crippen molar-refractivity contribution < 1.29 is 9.53 Å². The van der Waals surface area contributed by atoms with E-state index in [-0.39, 0.29) is 12.0 Å². The molecule has 0 aliphatic heterocycles. The Bertz CT molecular complexity index is 385. The van der Waals surface area contributed by atoms with Gasteiger partial charge in [-0.15, -0.1) is 0 Å². The van der Waals surface area contributed by atoms with Gasteiger partial charge >= 0.3 is 5.97 Å². The predicted octanol–water partition coefficient (Wildman–Crippen LogP) is 0.733. The minimum Gasteiger partial charge on any atom is -0.468 e. The van der Waals surface area contributed by atoms with E-state index in [4.69, 9.17) is 4.74 Å². The molecule has 5 nitrogen and oxygen atoms in total. The number of nitrogens with zero attached hydrogens (tertiary/aromatic N) is 2. The highest BCUT2D eigenvalue weighted by molar-refractivity contribution is 5.76. The molecule has 17 heavy (non-hydrogen) atoms. The van der Waals surface area contributed by atoms with E-state index in [1.54, 1.807) is 0 Å². The Balaban J connectivity index is 1.77. The summed E-state index contributed by atoms with van der Waals surface area (Å²) in [5, 5.41) is 7.45. The fourth-order valence-electron chi connectivity index (χ4n) is 1.92. The zero-order valence-corrected chi connectivity index (χ0v) is 10.3. The largest absolute Gasteiger partial charge is 0.468 e. The molecule has 1 aromatic rings. The third-order valence-electron chi connectivity index (χ3n) is 3.02. The van der Waals surface area contributed by atoms with Gasteiger partial charge in [-0.1, -0.05) is 0 Å². The van der Waals surface area contributed by atoms with Crippen molar-refractivity contribution in [1.29, 1.82) is 0 Å². The molecule has 1 aliphatic rings. The summed E-state index contributed by atoms with van der Waals surface area (Å²) in [6.45, 7) is 3.52. The van der Waals surface area contributed by atoms with E-state index >= 15 is 0 Å². The molecule has 1 saturated carbocycles. The fourth-order valence-corrected chi connectivity index (χ4v) is 1.92. The lowest BCUT2D eigenvalue weighted by Gasteiger charge is -2.15. The van der Waals surface area contributed by atoms with E-state index in [1.165, 1.54) is 7.11 Å². The van der Waals surface area contributed by atoms with Crippen LogP contribution in [0, 0.1) is 12.8 Å². The van der Waals surface area contributed by atoms with Gasteiger partial charge in [0.2, 0.25) is 0 Å². The van der Waals surface area contributed by atoms with Crippen LogP contribution in [0.5, 0.6) is 0 Å². The molecule has 94 valence electrons. The molecule has 0 spiro atoms. The molecular formula is C12H19N3O2. The Kier molecular flexibility index (Phi) is 3.78. The number of aryl methyl sites for hydroxylation is 1. The second kappa shape index (κ2) is 5.31. The van der Waals surface area contributed by atoms with Crippen molar-refractivity contribution in [2.24, 2.45) is 5.92 Å². The molecule has 1 aliphatic carbocycles. The number of aromatic nitrogens is 2. The topological polar surface area (TPSA) is 56.1 Å². The van der Waals surface area contributed by atoms with Gasteiger partial charge in [0.1, 0.15) is 6.04 Å². The third-order valence-corrected chi connectivity index (χ3v) is 3.02. The van der Waals surface area contributed by atoms with Crippen molar-refractivity contribution in [3.8, 4) is 0 Å². The van der Waals surface area contributed by atoms with Crippen molar-refractivity contribution in [1.82, 2.24) is 15.1 Å². The van der Waals surface area contributed by atoms with Crippen LogP contribution >= 0.6 is 0 Å². The van der Waals surface area contributed by atoms with E-state index in [0.29, 0.717) is 5.92 Å². The summed E-state index contributed by atoms with van der Waals surface area (Å²) >= 11 is 0. The standard InChI is InChI=1S/C12H19N3O2/c1-9-7-14-15(8-9)6-5-13-11(10-3-4-10)12(16)17-2/h7-8,10-11,13H,3-6H2,1-2H3. The first-order valence-electron chi connectivity index (χ1n) is 6.01. The summed E-state index contributed by atoms with van der Waals surface area (Å²) in [5.41, 5.74) is 1.15. The lowest BCUT2D eigenvalue weighted by Crippen LogP contribution is -2.41. The number of esters is 1. The number of rotatable bonds is 6. The van der Waals surface area contributed by atoms with Crippen LogP contribution in [0.2, 0.25) is 0 Å². The second-order valence-electron chi connectivity index (χ2n) is 4.57. The summed E-state index contributed by atoms with van der Waals surface area (Å²) in [7, 11) is 1.44. The van der Waals surface area contributed by atoms with Gasteiger partial charge in [-0.3, -0.25) is 9.48 Å². The second-order valence-corrected chi connectivity index (χ2v) is 4.57. The fraction of sp³-hybridized carbons (Fsp3) is 0.667. The Morgan fingerprint density at radius 2 is 2.47 bits per heavy atom. The Labute approximate surface area is 101 Å². The van der Waals surface area contributed by atoms with E-state index in [9.17, 15) is 4.79 Å². The quantitative estimate of drug-likeness (QED) is 0.741. The molecule has 1 unspecified atom stereocenters. The average Bonchev–Trinajstić information content (AvgIpc) is 3.07. The van der Waals surface area contributed by atoms with Crippen molar-refractivity contribution in [3.05, 3.63) is 18.0 Å². The van der Waals surface area contributed by atoms with Crippen LogP contribution < -0.4 is 5.32 Å². The maximum Gasteiger partial charge on any atom is 0.323 e. The molecular weight excluding hydrogens is 218 g/mol. The SMILES string of the molecule is COC(=O)C(NCCn1cc(C)cn1)C1CC1. The van der Waals surface area contributed by atoms with Crippen LogP contribution in [0.15, 0.2) is 12.4 Å². The van der Waals surface area contributed by atoms with Gasteiger partial charge in [0.15, 0.2) is 0 Å². The smallest absolute Gasteiger partial charge is 0.323 e. The molecule has 1 atom stereocenters. The zero-order chi connectivity index (χ0) is 12.3. The van der Waals surface area contributed by atoms with Crippen LogP contribution in [-0.4, -0.2) is 35.4 Å².